The Kier molecular flexibility index (Phi) is 4.73. The molecule has 0 aromatic heterocycles. The number of hydrogen-bond donors (Lipinski definition) is 1. The lowest BCUT2D eigenvalue weighted by molar-refractivity contribution is -0.145. The van der Waals surface area contributed by atoms with Gasteiger partial charge < -0.3 is 15.5 Å². The summed E-state index contributed by atoms with van der Waals surface area (Å²) in [6.07, 6.45) is 0.382. The maximum Gasteiger partial charge on any atom is 0.228 e. The molecule has 5 heteroatoms. The molecule has 0 spiro atoms. The smallest absolute Gasteiger partial charge is 0.228 e. The summed E-state index contributed by atoms with van der Waals surface area (Å²) in [5.74, 6) is 0.245. The van der Waals surface area contributed by atoms with Gasteiger partial charge in [0, 0.05) is 44.1 Å². The first-order valence-electron chi connectivity index (χ1n) is 6.54. The Labute approximate surface area is 109 Å². The van der Waals surface area contributed by atoms with E-state index in [0.29, 0.717) is 32.6 Å². The van der Waals surface area contributed by atoms with E-state index < -0.39 is 0 Å². The number of nitrogens with two attached hydrogens (primary N) is 1. The highest BCUT2D eigenvalue weighted by Crippen LogP contribution is 2.18. The van der Waals surface area contributed by atoms with Crippen LogP contribution in [-0.4, -0.2) is 53.8 Å². The summed E-state index contributed by atoms with van der Waals surface area (Å²) in [4.78, 5) is 27.5. The van der Waals surface area contributed by atoms with Gasteiger partial charge in [0.15, 0.2) is 0 Å². The Morgan fingerprint density at radius 2 is 1.56 bits per heavy atom. The summed E-state index contributed by atoms with van der Waals surface area (Å²) in [5.41, 5.74) is 5.27. The highest BCUT2D eigenvalue weighted by Gasteiger charge is 2.30. The first kappa shape index (κ1) is 15.0. The van der Waals surface area contributed by atoms with Crippen LogP contribution in [0.5, 0.6) is 0 Å². The van der Waals surface area contributed by atoms with Crippen molar-refractivity contribution < 1.29 is 9.59 Å². The molecule has 0 bridgehead atoms. The zero-order chi connectivity index (χ0) is 13.9. The van der Waals surface area contributed by atoms with Gasteiger partial charge in [-0.15, -0.1) is 0 Å². The largest absolute Gasteiger partial charge is 0.339 e. The molecule has 5 nitrogen and oxygen atoms in total. The maximum atomic E-state index is 12.1. The van der Waals surface area contributed by atoms with Crippen LogP contribution in [0, 0.1) is 5.41 Å². The van der Waals surface area contributed by atoms with Gasteiger partial charge in [0.05, 0.1) is 0 Å². The van der Waals surface area contributed by atoms with Gasteiger partial charge in [-0.2, -0.15) is 0 Å². The van der Waals surface area contributed by atoms with Crippen molar-refractivity contribution in [3.63, 3.8) is 0 Å². The molecule has 1 unspecified atom stereocenters. The number of carbonyl (C=O) groups is 2. The third kappa shape index (κ3) is 3.98. The summed E-state index contributed by atoms with van der Waals surface area (Å²) >= 11 is 0. The molecular weight excluding hydrogens is 230 g/mol. The van der Waals surface area contributed by atoms with Gasteiger partial charge in [0.25, 0.3) is 0 Å². The minimum Gasteiger partial charge on any atom is -0.339 e. The summed E-state index contributed by atoms with van der Waals surface area (Å²) in [5, 5.41) is 0. The fourth-order valence-electron chi connectivity index (χ4n) is 2.04. The molecule has 0 radical (unpaired) electrons. The van der Waals surface area contributed by atoms with Crippen LogP contribution in [0.1, 0.15) is 34.1 Å². The summed E-state index contributed by atoms with van der Waals surface area (Å²) in [7, 11) is 0. The molecule has 1 fully saturated rings. The molecule has 1 aliphatic heterocycles. The summed E-state index contributed by atoms with van der Waals surface area (Å²) < 4.78 is 0. The molecule has 0 aromatic carbocycles. The van der Waals surface area contributed by atoms with Gasteiger partial charge in [-0.25, -0.2) is 0 Å². The first-order chi connectivity index (χ1) is 8.21. The van der Waals surface area contributed by atoms with E-state index in [1.807, 2.05) is 32.6 Å². The normalized spacial score (nSPS) is 18.7. The maximum absolute atomic E-state index is 12.1. The van der Waals surface area contributed by atoms with Crippen LogP contribution < -0.4 is 5.73 Å². The van der Waals surface area contributed by atoms with E-state index in [0.717, 1.165) is 0 Å². The lowest BCUT2D eigenvalue weighted by atomic mass is 9.94. The van der Waals surface area contributed by atoms with Crippen molar-refractivity contribution in [2.24, 2.45) is 11.1 Å². The number of piperazine rings is 1. The Morgan fingerprint density at radius 1 is 1.11 bits per heavy atom. The van der Waals surface area contributed by atoms with Gasteiger partial charge in [-0.05, 0) is 6.92 Å². The third-order valence-corrected chi connectivity index (χ3v) is 3.06. The van der Waals surface area contributed by atoms with Crippen LogP contribution in [-0.2, 0) is 9.59 Å². The van der Waals surface area contributed by atoms with Crippen molar-refractivity contribution in [1.82, 2.24) is 9.80 Å². The minimum atomic E-state index is -0.349. The van der Waals surface area contributed by atoms with Crippen LogP contribution in [0.25, 0.3) is 0 Å². The van der Waals surface area contributed by atoms with E-state index in [-0.39, 0.29) is 23.3 Å². The molecule has 0 aromatic rings. The highest BCUT2D eigenvalue weighted by molar-refractivity contribution is 5.82. The number of amides is 2. The Hall–Kier alpha value is -1.10. The van der Waals surface area contributed by atoms with E-state index in [4.69, 9.17) is 5.73 Å². The SMILES string of the molecule is CC(N)CC(=O)N1CCN(C(=O)C(C)(C)C)CC1. The van der Waals surface area contributed by atoms with Crippen molar-refractivity contribution in [2.45, 2.75) is 40.2 Å². The summed E-state index contributed by atoms with van der Waals surface area (Å²) in [6.45, 7) is 10.1. The van der Waals surface area contributed by atoms with Crippen molar-refractivity contribution in [3.8, 4) is 0 Å². The van der Waals surface area contributed by atoms with E-state index in [2.05, 4.69) is 0 Å². The molecule has 1 rings (SSSR count). The predicted octanol–water partition coefficient (Wildman–Crippen LogP) is 0.441. The topological polar surface area (TPSA) is 66.6 Å². The van der Waals surface area contributed by atoms with Gasteiger partial charge in [0.1, 0.15) is 0 Å². The lowest BCUT2D eigenvalue weighted by Gasteiger charge is -2.37. The zero-order valence-electron chi connectivity index (χ0n) is 11.9. The second kappa shape index (κ2) is 5.69. The fraction of sp³-hybridized carbons (Fsp3) is 0.846. The van der Waals surface area contributed by atoms with E-state index in [1.165, 1.54) is 0 Å². The van der Waals surface area contributed by atoms with Crippen LogP contribution in [0.15, 0.2) is 0 Å². The molecular formula is C13H25N3O2. The molecule has 1 heterocycles. The molecule has 1 aliphatic rings. The zero-order valence-corrected chi connectivity index (χ0v) is 11.9. The van der Waals surface area contributed by atoms with Gasteiger partial charge >= 0.3 is 0 Å². The van der Waals surface area contributed by atoms with Crippen LogP contribution in [0.3, 0.4) is 0 Å². The Balaban J connectivity index is 2.46. The number of nitrogens with zero attached hydrogens (tertiary/aromatic N) is 2. The second-order valence-electron chi connectivity index (χ2n) is 6.10. The Bertz CT molecular complexity index is 313. The van der Waals surface area contributed by atoms with E-state index in [9.17, 15) is 9.59 Å². The number of hydrogen-bond acceptors (Lipinski definition) is 3. The van der Waals surface area contributed by atoms with Crippen LogP contribution >= 0.6 is 0 Å². The monoisotopic (exact) mass is 255 g/mol. The van der Waals surface area contributed by atoms with Gasteiger partial charge in [-0.3, -0.25) is 9.59 Å². The Morgan fingerprint density at radius 3 is 1.94 bits per heavy atom. The van der Waals surface area contributed by atoms with Crippen LogP contribution in [0.2, 0.25) is 0 Å². The molecule has 0 saturated carbocycles. The van der Waals surface area contributed by atoms with E-state index >= 15 is 0 Å². The summed E-state index contributed by atoms with van der Waals surface area (Å²) in [6, 6.07) is -0.105. The molecule has 1 atom stereocenters. The average molecular weight is 255 g/mol. The van der Waals surface area contributed by atoms with Crippen molar-refractivity contribution in [1.29, 1.82) is 0 Å². The van der Waals surface area contributed by atoms with Crippen molar-refractivity contribution in [3.05, 3.63) is 0 Å². The quantitative estimate of drug-likeness (QED) is 0.778. The van der Waals surface area contributed by atoms with Gasteiger partial charge in [0.2, 0.25) is 11.8 Å². The average Bonchev–Trinajstić information content (AvgIpc) is 2.26. The van der Waals surface area contributed by atoms with E-state index in [1.54, 1.807) is 4.90 Å². The molecule has 2 amide bonds. The molecule has 2 N–H and O–H groups in total. The first-order valence-corrected chi connectivity index (χ1v) is 6.54. The fourth-order valence-corrected chi connectivity index (χ4v) is 2.04. The predicted molar refractivity (Wildman–Crippen MR) is 70.9 cm³/mol. The third-order valence-electron chi connectivity index (χ3n) is 3.06. The second-order valence-corrected chi connectivity index (χ2v) is 6.10. The van der Waals surface area contributed by atoms with Crippen molar-refractivity contribution in [2.75, 3.05) is 26.2 Å². The van der Waals surface area contributed by atoms with Crippen LogP contribution in [0.4, 0.5) is 0 Å². The number of rotatable bonds is 2. The minimum absolute atomic E-state index is 0.0906. The molecule has 0 aliphatic carbocycles. The lowest BCUT2D eigenvalue weighted by Crippen LogP contribution is -2.53. The highest BCUT2D eigenvalue weighted by atomic mass is 16.2. The molecule has 18 heavy (non-hydrogen) atoms. The van der Waals surface area contributed by atoms with Gasteiger partial charge in [-0.1, -0.05) is 20.8 Å². The molecule has 104 valence electrons. The molecule has 1 saturated heterocycles. The number of carbonyl (C=O) groups excluding carboxylic acids is 2. The van der Waals surface area contributed by atoms with Crippen molar-refractivity contribution >= 4 is 11.8 Å². The standard InChI is InChI=1S/C13H25N3O2/c1-10(14)9-11(17)15-5-7-16(8-6-15)12(18)13(2,3)4/h10H,5-9,14H2,1-4H3.